The highest BCUT2D eigenvalue weighted by atomic mass is 16.3. The molecule has 0 aromatic heterocycles. The van der Waals surface area contributed by atoms with Gasteiger partial charge in [0.1, 0.15) is 0 Å². The monoisotopic (exact) mass is 374 g/mol. The van der Waals surface area contributed by atoms with Crippen LogP contribution in [0.15, 0.2) is 29.3 Å². The maximum absolute atomic E-state index is 12.4. The fraction of sp³-hybridized carbons (Fsp3) is 0.619. The Balaban J connectivity index is 1.95. The molecule has 0 atom stereocenters. The molecule has 0 bridgehead atoms. The number of benzene rings is 1. The Bertz CT molecular complexity index is 603. The second-order valence-corrected chi connectivity index (χ2v) is 7.02. The minimum atomic E-state index is -0.153. The number of carbonyl (C=O) groups is 1. The lowest BCUT2D eigenvalue weighted by Crippen LogP contribution is -2.45. The zero-order valence-corrected chi connectivity index (χ0v) is 16.9. The van der Waals surface area contributed by atoms with Crippen molar-refractivity contribution in [2.24, 2.45) is 4.99 Å². The van der Waals surface area contributed by atoms with Gasteiger partial charge < -0.3 is 20.6 Å². The molecule has 0 heterocycles. The molecule has 0 saturated heterocycles. The third kappa shape index (κ3) is 6.54. The van der Waals surface area contributed by atoms with Crippen molar-refractivity contribution in [2.75, 3.05) is 19.6 Å². The van der Waals surface area contributed by atoms with E-state index in [1.807, 2.05) is 43.0 Å². The summed E-state index contributed by atoms with van der Waals surface area (Å²) in [7, 11) is 0. The highest BCUT2D eigenvalue weighted by Gasteiger charge is 2.20. The number of hydrogen-bond acceptors (Lipinski definition) is 3. The second kappa shape index (κ2) is 10.9. The molecule has 3 N–H and O–H groups in total. The zero-order chi connectivity index (χ0) is 19.6. The average molecular weight is 375 g/mol. The van der Waals surface area contributed by atoms with E-state index in [9.17, 15) is 9.90 Å². The van der Waals surface area contributed by atoms with E-state index in [2.05, 4.69) is 22.5 Å². The average Bonchev–Trinajstić information content (AvgIpc) is 2.69. The first kappa shape index (κ1) is 21.2. The van der Waals surface area contributed by atoms with Gasteiger partial charge in [-0.1, -0.05) is 12.1 Å². The quantitative estimate of drug-likeness (QED) is 0.506. The molecule has 6 heteroatoms. The van der Waals surface area contributed by atoms with E-state index in [4.69, 9.17) is 0 Å². The fourth-order valence-corrected chi connectivity index (χ4v) is 3.35. The van der Waals surface area contributed by atoms with Crippen LogP contribution in [0.3, 0.4) is 0 Å². The van der Waals surface area contributed by atoms with E-state index in [0.29, 0.717) is 12.6 Å². The van der Waals surface area contributed by atoms with Crippen molar-refractivity contribution in [3.05, 3.63) is 35.4 Å². The first-order chi connectivity index (χ1) is 13.1. The molecule has 0 spiro atoms. The summed E-state index contributed by atoms with van der Waals surface area (Å²) in [5, 5.41) is 16.4. The Hall–Kier alpha value is -2.08. The van der Waals surface area contributed by atoms with Gasteiger partial charge in [-0.05, 0) is 64.2 Å². The van der Waals surface area contributed by atoms with Crippen molar-refractivity contribution in [1.29, 1.82) is 0 Å². The predicted molar refractivity (Wildman–Crippen MR) is 110 cm³/mol. The molecule has 1 aliphatic rings. The number of carbonyl (C=O) groups excluding carboxylic acids is 1. The molecule has 0 aliphatic heterocycles. The van der Waals surface area contributed by atoms with Gasteiger partial charge in [0.15, 0.2) is 5.96 Å². The summed E-state index contributed by atoms with van der Waals surface area (Å²) in [6, 6.07) is 8.07. The van der Waals surface area contributed by atoms with Crippen LogP contribution >= 0.6 is 0 Å². The van der Waals surface area contributed by atoms with Gasteiger partial charge >= 0.3 is 0 Å². The van der Waals surface area contributed by atoms with Crippen LogP contribution in [0.1, 0.15) is 62.4 Å². The van der Waals surface area contributed by atoms with Crippen LogP contribution in [0.5, 0.6) is 0 Å². The number of aliphatic hydroxyl groups is 1. The summed E-state index contributed by atoms with van der Waals surface area (Å²) >= 11 is 0. The Labute approximate surface area is 163 Å². The lowest BCUT2D eigenvalue weighted by molar-refractivity contribution is 0.0773. The van der Waals surface area contributed by atoms with Crippen molar-refractivity contribution in [1.82, 2.24) is 15.5 Å². The molecular weight excluding hydrogens is 340 g/mol. The van der Waals surface area contributed by atoms with Gasteiger partial charge in [-0.2, -0.15) is 0 Å². The Morgan fingerprint density at radius 3 is 2.30 bits per heavy atom. The molecule has 1 amide bonds. The van der Waals surface area contributed by atoms with E-state index in [0.717, 1.165) is 62.4 Å². The summed E-state index contributed by atoms with van der Waals surface area (Å²) in [5.41, 5.74) is 1.79. The third-order valence-electron chi connectivity index (χ3n) is 5.05. The van der Waals surface area contributed by atoms with Crippen LogP contribution in [0.25, 0.3) is 0 Å². The summed E-state index contributed by atoms with van der Waals surface area (Å²) in [5.74, 6) is 0.881. The number of aliphatic imine (C=N–C) groups is 1. The van der Waals surface area contributed by atoms with Gasteiger partial charge in [-0.25, -0.2) is 4.99 Å². The van der Waals surface area contributed by atoms with E-state index in [1.165, 1.54) is 0 Å². The minimum Gasteiger partial charge on any atom is -0.393 e. The third-order valence-corrected chi connectivity index (χ3v) is 5.05. The van der Waals surface area contributed by atoms with Crippen LogP contribution in [0.2, 0.25) is 0 Å². The van der Waals surface area contributed by atoms with Gasteiger partial charge in [-0.3, -0.25) is 4.79 Å². The molecule has 150 valence electrons. The van der Waals surface area contributed by atoms with E-state index in [1.54, 1.807) is 0 Å². The molecule has 1 aromatic rings. The Morgan fingerprint density at radius 2 is 1.74 bits per heavy atom. The largest absolute Gasteiger partial charge is 0.393 e. The van der Waals surface area contributed by atoms with E-state index in [-0.39, 0.29) is 12.0 Å². The fourth-order valence-electron chi connectivity index (χ4n) is 3.35. The van der Waals surface area contributed by atoms with Crippen LogP contribution < -0.4 is 10.6 Å². The van der Waals surface area contributed by atoms with Crippen molar-refractivity contribution < 1.29 is 9.90 Å². The van der Waals surface area contributed by atoms with Crippen molar-refractivity contribution in [3.63, 3.8) is 0 Å². The molecule has 1 aromatic carbocycles. The second-order valence-electron chi connectivity index (χ2n) is 7.02. The summed E-state index contributed by atoms with van der Waals surface area (Å²) in [4.78, 5) is 18.9. The normalized spacial score (nSPS) is 20.2. The molecule has 1 aliphatic carbocycles. The number of amides is 1. The minimum absolute atomic E-state index is 0.0737. The maximum Gasteiger partial charge on any atom is 0.253 e. The van der Waals surface area contributed by atoms with Gasteiger partial charge in [0.25, 0.3) is 5.91 Å². The van der Waals surface area contributed by atoms with Crippen LogP contribution in [-0.4, -0.2) is 53.7 Å². The number of guanidine groups is 1. The van der Waals surface area contributed by atoms with Crippen molar-refractivity contribution in [2.45, 2.75) is 65.1 Å². The molecule has 1 saturated carbocycles. The number of hydrogen-bond donors (Lipinski definition) is 3. The zero-order valence-electron chi connectivity index (χ0n) is 16.9. The van der Waals surface area contributed by atoms with Gasteiger partial charge in [0.05, 0.1) is 12.6 Å². The lowest BCUT2D eigenvalue weighted by atomic mass is 9.93. The first-order valence-corrected chi connectivity index (χ1v) is 10.2. The lowest BCUT2D eigenvalue weighted by Gasteiger charge is -2.27. The number of aliphatic hydroxyl groups excluding tert-OH is 1. The molecule has 6 nitrogen and oxygen atoms in total. The topological polar surface area (TPSA) is 77.0 Å². The van der Waals surface area contributed by atoms with Crippen LogP contribution in [0, 0.1) is 0 Å². The number of rotatable bonds is 7. The standard InChI is InChI=1S/C21H34N4O2/c1-4-22-21(24-18-11-13-19(26)14-12-18)23-15-16-7-9-17(10-8-16)20(27)25(5-2)6-3/h7-10,18-19,26H,4-6,11-15H2,1-3H3,(H2,22,23,24). The molecular formula is C21H34N4O2. The van der Waals surface area contributed by atoms with Crippen LogP contribution in [0.4, 0.5) is 0 Å². The van der Waals surface area contributed by atoms with E-state index < -0.39 is 0 Å². The maximum atomic E-state index is 12.4. The summed E-state index contributed by atoms with van der Waals surface area (Å²) in [6.07, 6.45) is 3.47. The molecule has 27 heavy (non-hydrogen) atoms. The molecule has 0 unspecified atom stereocenters. The molecule has 0 radical (unpaired) electrons. The van der Waals surface area contributed by atoms with Gasteiger partial charge in [-0.15, -0.1) is 0 Å². The smallest absolute Gasteiger partial charge is 0.253 e. The Morgan fingerprint density at radius 1 is 1.11 bits per heavy atom. The van der Waals surface area contributed by atoms with E-state index >= 15 is 0 Å². The highest BCUT2D eigenvalue weighted by Crippen LogP contribution is 2.18. The first-order valence-electron chi connectivity index (χ1n) is 10.2. The van der Waals surface area contributed by atoms with Crippen LogP contribution in [-0.2, 0) is 6.54 Å². The predicted octanol–water partition coefficient (Wildman–Crippen LogP) is 2.53. The van der Waals surface area contributed by atoms with Gasteiger partial charge in [0, 0.05) is 31.2 Å². The van der Waals surface area contributed by atoms with Gasteiger partial charge in [0.2, 0.25) is 0 Å². The van der Waals surface area contributed by atoms with Crippen molar-refractivity contribution in [3.8, 4) is 0 Å². The Kier molecular flexibility index (Phi) is 8.58. The highest BCUT2D eigenvalue weighted by molar-refractivity contribution is 5.94. The summed E-state index contributed by atoms with van der Waals surface area (Å²) < 4.78 is 0. The molecule has 2 rings (SSSR count). The number of nitrogens with zero attached hydrogens (tertiary/aromatic N) is 2. The SMILES string of the molecule is CCNC(=NCc1ccc(C(=O)N(CC)CC)cc1)NC1CCC(O)CC1. The summed E-state index contributed by atoms with van der Waals surface area (Å²) in [6.45, 7) is 8.84. The van der Waals surface area contributed by atoms with Crippen molar-refractivity contribution >= 4 is 11.9 Å². The number of nitrogens with one attached hydrogen (secondary N) is 2. The molecule has 1 fully saturated rings.